The van der Waals surface area contributed by atoms with E-state index < -0.39 is 5.60 Å². The molecule has 29 heavy (non-hydrogen) atoms. The molecule has 0 N–H and O–H groups in total. The van der Waals surface area contributed by atoms with Gasteiger partial charge in [-0.3, -0.25) is 9.59 Å². The van der Waals surface area contributed by atoms with Gasteiger partial charge in [-0.25, -0.2) is 4.89 Å². The van der Waals surface area contributed by atoms with Crippen molar-refractivity contribution in [2.75, 3.05) is 7.11 Å². The summed E-state index contributed by atoms with van der Waals surface area (Å²) in [5.41, 5.74) is 2.08. The van der Waals surface area contributed by atoms with E-state index in [9.17, 15) is 9.59 Å². The molecule has 2 aromatic rings. The van der Waals surface area contributed by atoms with Crippen LogP contribution in [0.1, 0.15) is 54.1 Å². The Hall–Kier alpha value is -2.41. The number of ether oxygens (including phenoxy) is 1. The van der Waals surface area contributed by atoms with Gasteiger partial charge in [0.2, 0.25) is 5.78 Å². The summed E-state index contributed by atoms with van der Waals surface area (Å²) in [5.74, 6) is 0.650. The van der Waals surface area contributed by atoms with Gasteiger partial charge in [0.15, 0.2) is 11.4 Å². The van der Waals surface area contributed by atoms with E-state index in [1.807, 2.05) is 36.4 Å². The van der Waals surface area contributed by atoms with Crippen molar-refractivity contribution in [3.8, 4) is 0 Å². The average molecular weight is 410 g/mol. The second kappa shape index (κ2) is 8.14. The molecule has 2 aliphatic rings. The van der Waals surface area contributed by atoms with Gasteiger partial charge in [-0.05, 0) is 50.3 Å². The number of ketones is 2. The largest absolute Gasteiger partial charge is 0.478 e. The average Bonchev–Trinajstić information content (AvgIpc) is 3.33. The summed E-state index contributed by atoms with van der Waals surface area (Å²) in [5, 5.41) is 0. The quantitative estimate of drug-likeness (QED) is 0.280. The first-order valence-electron chi connectivity index (χ1n) is 9.61. The van der Waals surface area contributed by atoms with E-state index >= 15 is 0 Å². The predicted molar refractivity (Wildman–Crippen MR) is 111 cm³/mol. The molecule has 1 fully saturated rings. The number of hydrogen-bond acceptors (Lipinski definition) is 6. The molecule has 0 saturated heterocycles. The zero-order valence-corrected chi connectivity index (χ0v) is 17.2. The third-order valence-corrected chi connectivity index (χ3v) is 6.14. The lowest BCUT2D eigenvalue weighted by molar-refractivity contribution is -0.160. The molecule has 0 unspecified atom stereocenters. The molecule has 0 amide bonds. The first kappa shape index (κ1) is 19.9. The Labute approximate surface area is 174 Å². The van der Waals surface area contributed by atoms with E-state index in [2.05, 4.69) is 4.89 Å². The topological polar surface area (TPSA) is 61.8 Å². The third-order valence-electron chi connectivity index (χ3n) is 5.47. The highest BCUT2D eigenvalue weighted by molar-refractivity contribution is 7.94. The molecule has 150 valence electrons. The van der Waals surface area contributed by atoms with Crippen molar-refractivity contribution in [2.24, 2.45) is 0 Å². The normalized spacial score (nSPS) is 17.8. The van der Waals surface area contributed by atoms with Gasteiger partial charge in [-0.2, -0.15) is 4.33 Å². The van der Waals surface area contributed by atoms with Crippen molar-refractivity contribution in [3.63, 3.8) is 0 Å². The van der Waals surface area contributed by atoms with Crippen LogP contribution in [0.4, 0.5) is 0 Å². The first-order chi connectivity index (χ1) is 14.0. The smallest absolute Gasteiger partial charge is 0.210 e. The number of benzene rings is 2. The third kappa shape index (κ3) is 3.75. The number of hydrogen-bond donors (Lipinski definition) is 0. The van der Waals surface area contributed by atoms with Crippen LogP contribution in [0.25, 0.3) is 11.3 Å². The van der Waals surface area contributed by atoms with E-state index in [1.54, 1.807) is 12.1 Å². The summed E-state index contributed by atoms with van der Waals surface area (Å²) in [7, 11) is 1.45. The highest BCUT2D eigenvalue weighted by Crippen LogP contribution is 2.48. The predicted octanol–water partition coefficient (Wildman–Crippen LogP) is 5.25. The second-order valence-electron chi connectivity index (χ2n) is 7.31. The molecule has 1 saturated carbocycles. The number of carbonyl (C=O) groups is 2. The highest BCUT2D eigenvalue weighted by Gasteiger charge is 2.51. The van der Waals surface area contributed by atoms with Crippen molar-refractivity contribution in [2.45, 2.75) is 43.1 Å². The Morgan fingerprint density at radius 2 is 1.62 bits per heavy atom. The van der Waals surface area contributed by atoms with Gasteiger partial charge in [0.1, 0.15) is 5.76 Å². The monoisotopic (exact) mass is 410 g/mol. The van der Waals surface area contributed by atoms with Crippen molar-refractivity contribution in [1.29, 1.82) is 0 Å². The Morgan fingerprint density at radius 1 is 1.00 bits per heavy atom. The second-order valence-corrected chi connectivity index (χ2v) is 8.09. The number of rotatable bonds is 6. The van der Waals surface area contributed by atoms with Crippen LogP contribution in [-0.4, -0.2) is 24.3 Å². The molecular weight excluding hydrogens is 388 g/mol. The molecule has 0 radical (unpaired) electrons. The Bertz CT molecular complexity index is 954. The van der Waals surface area contributed by atoms with Gasteiger partial charge in [-0.1, -0.05) is 36.4 Å². The van der Waals surface area contributed by atoms with E-state index in [4.69, 9.17) is 9.07 Å². The molecule has 6 heteroatoms. The Morgan fingerprint density at radius 3 is 2.21 bits per heavy atom. The summed E-state index contributed by atoms with van der Waals surface area (Å²) in [4.78, 5) is 30.6. The minimum Gasteiger partial charge on any atom is -0.478 e. The fourth-order valence-corrected chi connectivity index (χ4v) is 4.36. The summed E-state index contributed by atoms with van der Waals surface area (Å²) >= 11 is 1.11. The van der Waals surface area contributed by atoms with Crippen LogP contribution in [0.15, 0.2) is 53.4 Å². The van der Waals surface area contributed by atoms with Crippen LogP contribution in [0.3, 0.4) is 0 Å². The van der Waals surface area contributed by atoms with Crippen molar-refractivity contribution in [3.05, 3.63) is 65.2 Å². The number of Topliss-reactive ketones (excluding diaryl/α,β-unsaturated/α-hetero) is 2. The fourth-order valence-electron chi connectivity index (χ4n) is 3.97. The molecule has 1 aliphatic heterocycles. The highest BCUT2D eigenvalue weighted by atomic mass is 32.2. The minimum atomic E-state index is -0.753. The van der Waals surface area contributed by atoms with Gasteiger partial charge in [0.25, 0.3) is 0 Å². The molecule has 1 spiro atoms. The lowest BCUT2D eigenvalue weighted by Gasteiger charge is -2.22. The molecule has 1 heterocycles. The van der Waals surface area contributed by atoms with Gasteiger partial charge < -0.3 is 4.74 Å². The zero-order chi connectivity index (χ0) is 20.4. The maximum Gasteiger partial charge on any atom is 0.210 e. The SMILES string of the molecule is COOSc1ccc(C2=C(c3ccc(C(C)=O)cc3)C(=O)C3(CCCC3)O2)cc1. The molecule has 0 bridgehead atoms. The summed E-state index contributed by atoms with van der Waals surface area (Å²) in [6, 6.07) is 14.8. The van der Waals surface area contributed by atoms with Crippen LogP contribution in [-0.2, 0) is 18.8 Å². The maximum absolute atomic E-state index is 13.5. The molecule has 4 rings (SSSR count). The molecule has 0 atom stereocenters. The standard InChI is InChI=1S/C23H22O5S/c1-15(24)16-5-7-17(8-6-16)20-21(27-23(22(20)25)13-3-4-14-23)18-9-11-19(12-10-18)29-28-26-2/h5-12H,3-4,13-14H2,1-2H3. The van der Waals surface area contributed by atoms with E-state index in [-0.39, 0.29) is 11.6 Å². The molecule has 1 aliphatic carbocycles. The van der Waals surface area contributed by atoms with Gasteiger partial charge in [0, 0.05) is 16.0 Å². The summed E-state index contributed by atoms with van der Waals surface area (Å²) in [6.45, 7) is 1.53. The minimum absolute atomic E-state index is 0.00150. The summed E-state index contributed by atoms with van der Waals surface area (Å²) < 4.78 is 11.3. The van der Waals surface area contributed by atoms with E-state index in [1.165, 1.54) is 14.0 Å². The number of carbonyl (C=O) groups excluding carboxylic acids is 2. The van der Waals surface area contributed by atoms with E-state index in [0.29, 0.717) is 16.9 Å². The molecule has 5 nitrogen and oxygen atoms in total. The van der Waals surface area contributed by atoms with Gasteiger partial charge in [-0.15, -0.1) is 0 Å². The zero-order valence-electron chi connectivity index (χ0n) is 16.4. The lowest BCUT2D eigenvalue weighted by Crippen LogP contribution is -2.33. The lowest BCUT2D eigenvalue weighted by atomic mass is 9.89. The van der Waals surface area contributed by atoms with Crippen LogP contribution in [0, 0.1) is 0 Å². The van der Waals surface area contributed by atoms with Crippen LogP contribution in [0.5, 0.6) is 0 Å². The molecule has 0 aromatic heterocycles. The van der Waals surface area contributed by atoms with Gasteiger partial charge in [0.05, 0.1) is 24.7 Å². The van der Waals surface area contributed by atoms with E-state index in [0.717, 1.165) is 53.7 Å². The van der Waals surface area contributed by atoms with Crippen molar-refractivity contribution in [1.82, 2.24) is 0 Å². The first-order valence-corrected chi connectivity index (χ1v) is 10.4. The Kier molecular flexibility index (Phi) is 5.58. The van der Waals surface area contributed by atoms with Crippen molar-refractivity contribution >= 4 is 34.9 Å². The fraction of sp³-hybridized carbons (Fsp3) is 0.304. The van der Waals surface area contributed by atoms with Crippen LogP contribution >= 0.6 is 12.0 Å². The summed E-state index contributed by atoms with van der Waals surface area (Å²) in [6.07, 6.45) is 3.44. The van der Waals surface area contributed by atoms with Crippen molar-refractivity contribution < 1.29 is 23.5 Å². The maximum atomic E-state index is 13.5. The van der Waals surface area contributed by atoms with Crippen LogP contribution in [0.2, 0.25) is 0 Å². The van der Waals surface area contributed by atoms with Gasteiger partial charge >= 0.3 is 0 Å². The van der Waals surface area contributed by atoms with Crippen LogP contribution < -0.4 is 0 Å². The molecule has 2 aromatic carbocycles. The Balaban J connectivity index is 1.75. The molecular formula is C23H22O5S.